The smallest absolute Gasteiger partial charge is 0.237 e. The highest BCUT2D eigenvalue weighted by atomic mass is 35.5. The molecule has 0 radical (unpaired) electrons. The molecule has 0 saturated heterocycles. The summed E-state index contributed by atoms with van der Waals surface area (Å²) in [6.45, 7) is 4.03. The molecule has 3 rings (SSSR count). The lowest BCUT2D eigenvalue weighted by Gasteiger charge is -2.16. The van der Waals surface area contributed by atoms with Gasteiger partial charge in [0.1, 0.15) is 11.3 Å². The summed E-state index contributed by atoms with van der Waals surface area (Å²) in [6, 6.07) is 15.0. The number of aromatic nitrogens is 1. The summed E-state index contributed by atoms with van der Waals surface area (Å²) in [5.41, 5.74) is 2.61. The van der Waals surface area contributed by atoms with Crippen LogP contribution in [0.25, 0.3) is 10.9 Å². The predicted molar refractivity (Wildman–Crippen MR) is 113 cm³/mol. The first-order valence-corrected chi connectivity index (χ1v) is 9.95. The molecule has 1 N–H and O–H groups in total. The molecule has 0 spiro atoms. The van der Waals surface area contributed by atoms with E-state index >= 15 is 0 Å². The Kier molecular flexibility index (Phi) is 6.24. The van der Waals surface area contributed by atoms with Gasteiger partial charge in [-0.15, -0.1) is 0 Å². The minimum Gasteiger partial charge on any atom is -0.494 e. The number of aryl methyl sites for hydroxylation is 1. The Hall–Kier alpha value is -2.24. The van der Waals surface area contributed by atoms with Crippen LogP contribution in [0.3, 0.4) is 0 Å². The van der Waals surface area contributed by atoms with E-state index in [4.69, 9.17) is 21.3 Å². The number of halogens is 1. The third-order valence-corrected chi connectivity index (χ3v) is 5.74. The zero-order valence-corrected chi connectivity index (χ0v) is 17.0. The van der Waals surface area contributed by atoms with E-state index in [0.717, 1.165) is 27.2 Å². The van der Waals surface area contributed by atoms with Gasteiger partial charge in [0.05, 0.1) is 17.4 Å². The maximum absolute atomic E-state index is 12.7. The fraction of sp³-hybridized carbons (Fsp3) is 0.238. The van der Waals surface area contributed by atoms with Crippen molar-refractivity contribution in [3.05, 3.63) is 59.1 Å². The molecule has 0 saturated carbocycles. The van der Waals surface area contributed by atoms with Crippen LogP contribution in [0.1, 0.15) is 18.9 Å². The van der Waals surface area contributed by atoms with Crippen LogP contribution in [0, 0.1) is 6.92 Å². The van der Waals surface area contributed by atoms with Crippen LogP contribution in [0.2, 0.25) is 5.02 Å². The van der Waals surface area contributed by atoms with E-state index in [1.165, 1.54) is 11.8 Å². The van der Waals surface area contributed by atoms with Gasteiger partial charge >= 0.3 is 0 Å². The number of nitrogens with zero attached hydrogens (tertiary/aromatic N) is 1. The number of fused-ring (bicyclic) bond motifs is 1. The Morgan fingerprint density at radius 1 is 1.26 bits per heavy atom. The molecule has 4 nitrogen and oxygen atoms in total. The van der Waals surface area contributed by atoms with Gasteiger partial charge in [0, 0.05) is 16.1 Å². The number of anilines is 1. The number of hydrogen-bond donors (Lipinski definition) is 1. The molecule has 0 aliphatic carbocycles. The molecule has 0 aliphatic rings. The molecule has 1 amide bonds. The Morgan fingerprint density at radius 2 is 2.04 bits per heavy atom. The lowest BCUT2D eigenvalue weighted by Crippen LogP contribution is -2.24. The maximum Gasteiger partial charge on any atom is 0.237 e. The molecule has 0 bridgehead atoms. The van der Waals surface area contributed by atoms with E-state index in [2.05, 4.69) is 5.32 Å². The van der Waals surface area contributed by atoms with Crippen LogP contribution in [0.4, 0.5) is 5.69 Å². The third kappa shape index (κ3) is 4.54. The number of carbonyl (C=O) groups is 1. The summed E-state index contributed by atoms with van der Waals surface area (Å²) in [4.78, 5) is 17.4. The van der Waals surface area contributed by atoms with Crippen molar-refractivity contribution in [2.24, 2.45) is 0 Å². The van der Waals surface area contributed by atoms with Gasteiger partial charge in [0.2, 0.25) is 5.91 Å². The first-order valence-electron chi connectivity index (χ1n) is 8.69. The SMILES string of the molecule is CCC(Sc1cc(C)c2cccc(OC)c2n1)C(=O)Nc1cccc(Cl)c1. The van der Waals surface area contributed by atoms with Crippen LogP contribution in [0.15, 0.2) is 53.6 Å². The van der Waals surface area contributed by atoms with E-state index in [-0.39, 0.29) is 11.2 Å². The number of thioether (sulfide) groups is 1. The number of carbonyl (C=O) groups excluding carboxylic acids is 1. The number of para-hydroxylation sites is 1. The number of ether oxygens (including phenoxy) is 1. The maximum atomic E-state index is 12.7. The highest BCUT2D eigenvalue weighted by Gasteiger charge is 2.20. The summed E-state index contributed by atoms with van der Waals surface area (Å²) in [5, 5.41) is 5.12. The fourth-order valence-electron chi connectivity index (χ4n) is 2.84. The zero-order chi connectivity index (χ0) is 19.4. The van der Waals surface area contributed by atoms with Crippen LogP contribution in [-0.2, 0) is 4.79 Å². The molecule has 3 aromatic rings. The Labute approximate surface area is 168 Å². The number of rotatable bonds is 6. The average Bonchev–Trinajstić information content (AvgIpc) is 2.65. The van der Waals surface area contributed by atoms with E-state index in [1.54, 1.807) is 19.2 Å². The number of methoxy groups -OCH3 is 1. The van der Waals surface area contributed by atoms with E-state index in [0.29, 0.717) is 17.1 Å². The van der Waals surface area contributed by atoms with E-state index in [9.17, 15) is 4.79 Å². The second-order valence-corrected chi connectivity index (χ2v) is 7.81. The van der Waals surface area contributed by atoms with Gasteiger partial charge < -0.3 is 10.1 Å². The summed E-state index contributed by atoms with van der Waals surface area (Å²) < 4.78 is 5.44. The second kappa shape index (κ2) is 8.63. The standard InChI is InChI=1S/C21H21ClN2O2S/c1-4-18(21(25)23-15-8-5-7-14(22)12-15)27-19-11-13(2)16-9-6-10-17(26-3)20(16)24-19/h5-12,18H,4H2,1-3H3,(H,23,25). The van der Waals surface area contributed by atoms with Gasteiger partial charge in [-0.25, -0.2) is 4.98 Å². The van der Waals surface area contributed by atoms with E-state index < -0.39 is 0 Å². The van der Waals surface area contributed by atoms with Gasteiger partial charge in [0.15, 0.2) is 0 Å². The molecule has 1 aromatic heterocycles. The lowest BCUT2D eigenvalue weighted by atomic mass is 10.1. The van der Waals surface area contributed by atoms with Gasteiger partial charge in [0.25, 0.3) is 0 Å². The number of benzene rings is 2. The molecule has 140 valence electrons. The first kappa shape index (κ1) is 19.5. The largest absolute Gasteiger partial charge is 0.494 e. The van der Waals surface area contributed by atoms with E-state index in [1.807, 2.05) is 50.2 Å². The van der Waals surface area contributed by atoms with Crippen molar-refractivity contribution in [3.63, 3.8) is 0 Å². The minimum atomic E-state index is -0.261. The van der Waals surface area contributed by atoms with Gasteiger partial charge in [-0.2, -0.15) is 0 Å². The molecule has 6 heteroatoms. The van der Waals surface area contributed by atoms with Gasteiger partial charge in [-0.05, 0) is 49.2 Å². The molecule has 0 aliphatic heterocycles. The molecular weight excluding hydrogens is 380 g/mol. The summed E-state index contributed by atoms with van der Waals surface area (Å²) in [7, 11) is 1.64. The van der Waals surface area contributed by atoms with Crippen LogP contribution < -0.4 is 10.1 Å². The summed E-state index contributed by atoms with van der Waals surface area (Å²) in [5.74, 6) is 0.666. The van der Waals surface area contributed by atoms with Crippen LogP contribution in [0.5, 0.6) is 5.75 Å². The highest BCUT2D eigenvalue weighted by molar-refractivity contribution is 8.00. The number of amides is 1. The van der Waals surface area contributed by atoms with Crippen LogP contribution in [-0.4, -0.2) is 23.3 Å². The normalized spacial score (nSPS) is 12.0. The van der Waals surface area contributed by atoms with Crippen LogP contribution >= 0.6 is 23.4 Å². The third-order valence-electron chi connectivity index (χ3n) is 4.22. The molecule has 1 unspecified atom stereocenters. The molecule has 0 fully saturated rings. The second-order valence-electron chi connectivity index (χ2n) is 6.15. The predicted octanol–water partition coefficient (Wildman–Crippen LogP) is 5.71. The van der Waals surface area contributed by atoms with Gasteiger partial charge in [-0.3, -0.25) is 4.79 Å². The lowest BCUT2D eigenvalue weighted by molar-refractivity contribution is -0.115. The van der Waals surface area contributed by atoms with Crippen molar-refractivity contribution in [2.75, 3.05) is 12.4 Å². The average molecular weight is 401 g/mol. The Balaban J connectivity index is 1.84. The molecular formula is C21H21ClN2O2S. The quantitative estimate of drug-likeness (QED) is 0.538. The minimum absolute atomic E-state index is 0.0654. The Morgan fingerprint density at radius 3 is 2.74 bits per heavy atom. The Bertz CT molecular complexity index is 978. The molecule has 2 aromatic carbocycles. The van der Waals surface area contributed by atoms with Crippen molar-refractivity contribution in [2.45, 2.75) is 30.5 Å². The molecule has 27 heavy (non-hydrogen) atoms. The van der Waals surface area contributed by atoms with Crippen molar-refractivity contribution in [1.29, 1.82) is 0 Å². The highest BCUT2D eigenvalue weighted by Crippen LogP contribution is 2.32. The van der Waals surface area contributed by atoms with Crippen molar-refractivity contribution in [3.8, 4) is 5.75 Å². The van der Waals surface area contributed by atoms with Crippen molar-refractivity contribution < 1.29 is 9.53 Å². The number of hydrogen-bond acceptors (Lipinski definition) is 4. The zero-order valence-electron chi connectivity index (χ0n) is 15.5. The molecule has 1 heterocycles. The van der Waals surface area contributed by atoms with Gasteiger partial charge in [-0.1, -0.05) is 48.5 Å². The number of nitrogens with one attached hydrogen (secondary N) is 1. The summed E-state index contributed by atoms with van der Waals surface area (Å²) in [6.07, 6.45) is 0.682. The summed E-state index contributed by atoms with van der Waals surface area (Å²) >= 11 is 7.45. The van der Waals surface area contributed by atoms with Crippen molar-refractivity contribution >= 4 is 45.9 Å². The fourth-order valence-corrected chi connectivity index (χ4v) is 4.05. The molecule has 1 atom stereocenters. The monoisotopic (exact) mass is 400 g/mol. The topological polar surface area (TPSA) is 51.2 Å². The first-order chi connectivity index (χ1) is 13.0. The van der Waals surface area contributed by atoms with Crippen molar-refractivity contribution in [1.82, 2.24) is 4.98 Å². The number of pyridine rings is 1.